The molecule has 0 radical (unpaired) electrons. The molecule has 0 saturated heterocycles. The van der Waals surface area contributed by atoms with Crippen LogP contribution in [0.5, 0.6) is 0 Å². The number of nitrogens with zero attached hydrogens (tertiary/aromatic N) is 3. The third-order valence-electron chi connectivity index (χ3n) is 2.98. The summed E-state index contributed by atoms with van der Waals surface area (Å²) in [6.45, 7) is 0.370. The molecule has 1 aliphatic heterocycles. The maximum Gasteiger partial charge on any atom is 0.299 e. The minimum Gasteiger partial charge on any atom is -0.300 e. The maximum absolute atomic E-state index is 11.9. The van der Waals surface area contributed by atoms with E-state index in [4.69, 9.17) is 0 Å². The van der Waals surface area contributed by atoms with Gasteiger partial charge in [0.2, 0.25) is 0 Å². The van der Waals surface area contributed by atoms with Crippen LogP contribution in [0.4, 0.5) is 5.69 Å². The average Bonchev–Trinajstić information content (AvgIpc) is 2.88. The van der Waals surface area contributed by atoms with E-state index in [2.05, 4.69) is 5.10 Å². The number of rotatable bonds is 2. The Hall–Kier alpha value is -2.43. The van der Waals surface area contributed by atoms with Gasteiger partial charge in [0.05, 0.1) is 24.0 Å². The zero-order valence-corrected chi connectivity index (χ0v) is 9.83. The van der Waals surface area contributed by atoms with Gasteiger partial charge in [0, 0.05) is 18.8 Å². The Balaban J connectivity index is 1.98. The van der Waals surface area contributed by atoms with Crippen molar-refractivity contribution in [2.45, 2.75) is 6.54 Å². The van der Waals surface area contributed by atoms with E-state index in [1.165, 1.54) is 4.90 Å². The smallest absolute Gasteiger partial charge is 0.299 e. The molecule has 1 aromatic carbocycles. The van der Waals surface area contributed by atoms with Crippen LogP contribution in [-0.4, -0.2) is 21.5 Å². The molecule has 5 nitrogen and oxygen atoms in total. The fourth-order valence-corrected chi connectivity index (χ4v) is 2.14. The van der Waals surface area contributed by atoms with Gasteiger partial charge in [0.25, 0.3) is 11.7 Å². The van der Waals surface area contributed by atoms with Crippen molar-refractivity contribution < 1.29 is 9.59 Å². The monoisotopic (exact) mass is 241 g/mol. The van der Waals surface area contributed by atoms with Crippen molar-refractivity contribution in [3.8, 4) is 0 Å². The predicted octanol–water partition coefficient (Wildman–Crippen LogP) is 1.15. The van der Waals surface area contributed by atoms with Gasteiger partial charge in [-0.1, -0.05) is 12.1 Å². The van der Waals surface area contributed by atoms with Crippen molar-refractivity contribution in [2.24, 2.45) is 7.05 Å². The number of anilines is 1. The molecule has 5 heteroatoms. The van der Waals surface area contributed by atoms with Gasteiger partial charge in [-0.15, -0.1) is 0 Å². The number of carbonyl (C=O) groups is 2. The molecular weight excluding hydrogens is 230 g/mol. The minimum absolute atomic E-state index is 0.370. The summed E-state index contributed by atoms with van der Waals surface area (Å²) in [7, 11) is 1.81. The van der Waals surface area contributed by atoms with Crippen LogP contribution in [0, 0.1) is 0 Å². The van der Waals surface area contributed by atoms with E-state index >= 15 is 0 Å². The molecule has 0 spiro atoms. The normalized spacial score (nSPS) is 14.2. The Labute approximate surface area is 104 Å². The number of Topliss-reactive ketones (excluding diaryl/α,β-unsaturated/α-hetero) is 1. The quantitative estimate of drug-likeness (QED) is 0.741. The van der Waals surface area contributed by atoms with Crippen molar-refractivity contribution in [3.63, 3.8) is 0 Å². The first-order valence-corrected chi connectivity index (χ1v) is 5.59. The molecule has 0 bridgehead atoms. The number of amides is 1. The third kappa shape index (κ3) is 1.52. The Kier molecular flexibility index (Phi) is 2.26. The largest absolute Gasteiger partial charge is 0.300 e. The second kappa shape index (κ2) is 3.80. The van der Waals surface area contributed by atoms with Gasteiger partial charge in [0.15, 0.2) is 0 Å². The SMILES string of the molecule is Cn1cc(CN2C(=O)C(=O)c3ccccc32)cn1. The van der Waals surface area contributed by atoms with Crippen molar-refractivity contribution in [2.75, 3.05) is 4.90 Å². The molecule has 2 aromatic rings. The standard InChI is InChI=1S/C13H11N3O2/c1-15-7-9(6-14-15)8-16-11-5-3-2-4-10(11)12(17)13(16)18/h2-7H,8H2,1H3. The number of hydrogen-bond donors (Lipinski definition) is 0. The fraction of sp³-hybridized carbons (Fsp3) is 0.154. The van der Waals surface area contributed by atoms with Crippen molar-refractivity contribution in [1.82, 2.24) is 9.78 Å². The molecule has 18 heavy (non-hydrogen) atoms. The van der Waals surface area contributed by atoms with Crippen LogP contribution in [0.25, 0.3) is 0 Å². The van der Waals surface area contributed by atoms with E-state index in [0.29, 0.717) is 17.8 Å². The Morgan fingerprint density at radius 2 is 2.00 bits per heavy atom. The van der Waals surface area contributed by atoms with Crippen LogP contribution >= 0.6 is 0 Å². The highest BCUT2D eigenvalue weighted by Gasteiger charge is 2.35. The summed E-state index contributed by atoms with van der Waals surface area (Å²) in [6, 6.07) is 7.05. The molecule has 3 rings (SSSR count). The second-order valence-electron chi connectivity index (χ2n) is 4.26. The lowest BCUT2D eigenvalue weighted by molar-refractivity contribution is -0.114. The van der Waals surface area contributed by atoms with Gasteiger partial charge in [-0.05, 0) is 12.1 Å². The number of carbonyl (C=O) groups excluding carboxylic acids is 2. The molecule has 0 fully saturated rings. The fourth-order valence-electron chi connectivity index (χ4n) is 2.14. The molecule has 0 saturated carbocycles. The van der Waals surface area contributed by atoms with Crippen LogP contribution in [-0.2, 0) is 18.4 Å². The zero-order chi connectivity index (χ0) is 12.7. The van der Waals surface area contributed by atoms with E-state index in [9.17, 15) is 9.59 Å². The van der Waals surface area contributed by atoms with E-state index in [1.54, 1.807) is 29.1 Å². The number of aryl methyl sites for hydroxylation is 1. The Morgan fingerprint density at radius 3 is 2.72 bits per heavy atom. The molecule has 0 N–H and O–H groups in total. The van der Waals surface area contributed by atoms with Crippen LogP contribution in [0.3, 0.4) is 0 Å². The zero-order valence-electron chi connectivity index (χ0n) is 9.83. The van der Waals surface area contributed by atoms with Gasteiger partial charge in [-0.25, -0.2) is 0 Å². The highest BCUT2D eigenvalue weighted by molar-refractivity contribution is 6.52. The molecule has 0 aliphatic carbocycles. The Bertz CT molecular complexity index is 645. The summed E-state index contributed by atoms with van der Waals surface area (Å²) in [6.07, 6.45) is 3.53. The van der Waals surface area contributed by atoms with Gasteiger partial charge < -0.3 is 4.90 Å². The van der Waals surface area contributed by atoms with E-state index in [1.807, 2.05) is 19.3 Å². The number of ketones is 1. The van der Waals surface area contributed by atoms with Crippen LogP contribution < -0.4 is 4.90 Å². The molecule has 90 valence electrons. The Morgan fingerprint density at radius 1 is 1.22 bits per heavy atom. The van der Waals surface area contributed by atoms with Crippen LogP contribution in [0.15, 0.2) is 36.7 Å². The van der Waals surface area contributed by atoms with Crippen molar-refractivity contribution >= 4 is 17.4 Å². The van der Waals surface area contributed by atoms with E-state index in [-0.39, 0.29) is 0 Å². The highest BCUT2D eigenvalue weighted by Crippen LogP contribution is 2.29. The molecule has 1 aliphatic rings. The first-order chi connectivity index (χ1) is 8.66. The molecular formula is C13H11N3O2. The number of benzene rings is 1. The first kappa shape index (κ1) is 10.7. The maximum atomic E-state index is 11.9. The van der Waals surface area contributed by atoms with Crippen molar-refractivity contribution in [1.29, 1.82) is 0 Å². The summed E-state index contributed by atoms with van der Waals surface area (Å²) in [5.41, 5.74) is 2.05. The number of fused-ring (bicyclic) bond motifs is 1. The van der Waals surface area contributed by atoms with Gasteiger partial charge in [-0.2, -0.15) is 5.10 Å². The predicted molar refractivity (Wildman–Crippen MR) is 65.2 cm³/mol. The molecule has 1 amide bonds. The third-order valence-corrected chi connectivity index (χ3v) is 2.98. The average molecular weight is 241 g/mol. The van der Waals surface area contributed by atoms with Gasteiger partial charge >= 0.3 is 0 Å². The first-order valence-electron chi connectivity index (χ1n) is 5.59. The lowest BCUT2D eigenvalue weighted by Gasteiger charge is -2.14. The molecule has 0 atom stereocenters. The van der Waals surface area contributed by atoms with Crippen LogP contribution in [0.2, 0.25) is 0 Å². The minimum atomic E-state index is -0.472. The summed E-state index contributed by atoms with van der Waals surface area (Å²) < 4.78 is 1.67. The van der Waals surface area contributed by atoms with E-state index < -0.39 is 11.7 Å². The van der Waals surface area contributed by atoms with Gasteiger partial charge in [0.1, 0.15) is 0 Å². The summed E-state index contributed by atoms with van der Waals surface area (Å²) in [5, 5.41) is 4.05. The van der Waals surface area contributed by atoms with Gasteiger partial charge in [-0.3, -0.25) is 14.3 Å². The van der Waals surface area contributed by atoms with Crippen molar-refractivity contribution in [3.05, 3.63) is 47.8 Å². The lowest BCUT2D eigenvalue weighted by Crippen LogP contribution is -2.28. The number of aromatic nitrogens is 2. The summed E-state index contributed by atoms with van der Waals surface area (Å²) in [5.74, 6) is -0.908. The molecule has 2 heterocycles. The van der Waals surface area contributed by atoms with Crippen LogP contribution in [0.1, 0.15) is 15.9 Å². The number of hydrogen-bond acceptors (Lipinski definition) is 3. The lowest BCUT2D eigenvalue weighted by atomic mass is 10.1. The highest BCUT2D eigenvalue weighted by atomic mass is 16.2. The molecule has 0 unspecified atom stereocenters. The second-order valence-corrected chi connectivity index (χ2v) is 4.26. The molecule has 1 aromatic heterocycles. The topological polar surface area (TPSA) is 55.2 Å². The van der Waals surface area contributed by atoms with E-state index in [0.717, 1.165) is 5.56 Å². The number of para-hydroxylation sites is 1. The summed E-state index contributed by atoms with van der Waals surface area (Å²) >= 11 is 0. The summed E-state index contributed by atoms with van der Waals surface area (Å²) in [4.78, 5) is 25.2.